The second kappa shape index (κ2) is 6.32. The Kier molecular flexibility index (Phi) is 4.59. The second-order valence-electron chi connectivity index (χ2n) is 6.31. The lowest BCUT2D eigenvalue weighted by Crippen LogP contribution is -2.47. The Hall–Kier alpha value is -0.880. The maximum Gasteiger partial charge on any atom is 0.326 e. The highest BCUT2D eigenvalue weighted by Crippen LogP contribution is 2.42. The van der Waals surface area contributed by atoms with E-state index in [1.54, 1.807) is 16.2 Å². The van der Waals surface area contributed by atoms with Crippen molar-refractivity contribution in [2.75, 3.05) is 0 Å². The van der Waals surface area contributed by atoms with Crippen LogP contribution in [0.2, 0.25) is 0 Å². The molecule has 1 saturated heterocycles. The third-order valence-electron chi connectivity index (χ3n) is 5.02. The molecule has 4 atom stereocenters. The minimum Gasteiger partial charge on any atom is -0.480 e. The number of carbonyl (C=O) groups excluding carboxylic acids is 1. The van der Waals surface area contributed by atoms with Crippen LogP contribution >= 0.6 is 27.3 Å². The average molecular weight is 386 g/mol. The van der Waals surface area contributed by atoms with Crippen LogP contribution in [0.3, 0.4) is 0 Å². The van der Waals surface area contributed by atoms with Gasteiger partial charge in [0.15, 0.2) is 0 Å². The average Bonchev–Trinajstić information content (AvgIpc) is 3.09. The SMILES string of the molecule is CC(C(=O)N1C(C(=O)O)CC2CCCCC21)c1ccc(Br)s1. The van der Waals surface area contributed by atoms with Crippen LogP contribution in [0.1, 0.15) is 49.8 Å². The molecular formula is C16H20BrNO3S. The van der Waals surface area contributed by atoms with Crippen molar-refractivity contribution in [1.29, 1.82) is 0 Å². The topological polar surface area (TPSA) is 57.6 Å². The van der Waals surface area contributed by atoms with E-state index in [4.69, 9.17) is 0 Å². The Morgan fingerprint density at radius 2 is 2.09 bits per heavy atom. The summed E-state index contributed by atoms with van der Waals surface area (Å²) in [5, 5.41) is 9.54. The first-order valence-corrected chi connectivity index (χ1v) is 9.40. The van der Waals surface area contributed by atoms with Gasteiger partial charge in [0.2, 0.25) is 5.91 Å². The number of rotatable bonds is 3. The van der Waals surface area contributed by atoms with Gasteiger partial charge in [0.05, 0.1) is 9.70 Å². The number of fused-ring (bicyclic) bond motifs is 1. The summed E-state index contributed by atoms with van der Waals surface area (Å²) in [5.74, 6) is -0.807. The van der Waals surface area contributed by atoms with Crippen LogP contribution in [0.25, 0.3) is 0 Å². The van der Waals surface area contributed by atoms with Crippen molar-refractivity contribution in [3.8, 4) is 0 Å². The third kappa shape index (κ3) is 2.83. The van der Waals surface area contributed by atoms with E-state index in [-0.39, 0.29) is 17.9 Å². The van der Waals surface area contributed by atoms with E-state index in [0.717, 1.165) is 34.3 Å². The van der Waals surface area contributed by atoms with Gasteiger partial charge in [-0.3, -0.25) is 4.79 Å². The Balaban J connectivity index is 1.85. The van der Waals surface area contributed by atoms with Crippen LogP contribution in [0.15, 0.2) is 15.9 Å². The number of halogens is 1. The fourth-order valence-electron chi connectivity index (χ4n) is 3.90. The minimum atomic E-state index is -0.859. The first-order chi connectivity index (χ1) is 10.5. The molecule has 0 radical (unpaired) electrons. The van der Waals surface area contributed by atoms with E-state index in [1.165, 1.54) is 0 Å². The zero-order valence-electron chi connectivity index (χ0n) is 12.5. The van der Waals surface area contributed by atoms with Crippen molar-refractivity contribution < 1.29 is 14.7 Å². The molecular weight excluding hydrogens is 366 g/mol. The Bertz CT molecular complexity index is 588. The van der Waals surface area contributed by atoms with Gasteiger partial charge in [-0.1, -0.05) is 12.8 Å². The van der Waals surface area contributed by atoms with Crippen LogP contribution in [-0.2, 0) is 9.59 Å². The van der Waals surface area contributed by atoms with E-state index in [9.17, 15) is 14.7 Å². The molecule has 1 aromatic rings. The van der Waals surface area contributed by atoms with Gasteiger partial charge in [0.25, 0.3) is 0 Å². The molecule has 1 aliphatic heterocycles. The fourth-order valence-corrected chi connectivity index (χ4v) is 5.37. The van der Waals surface area contributed by atoms with Crippen molar-refractivity contribution >= 4 is 39.1 Å². The first-order valence-electron chi connectivity index (χ1n) is 7.79. The molecule has 6 heteroatoms. The normalized spacial score (nSPS) is 29.2. The van der Waals surface area contributed by atoms with Crippen molar-refractivity contribution in [1.82, 2.24) is 4.90 Å². The molecule has 0 bridgehead atoms. The van der Waals surface area contributed by atoms with Gasteiger partial charge in [0.1, 0.15) is 6.04 Å². The highest BCUT2D eigenvalue weighted by molar-refractivity contribution is 9.11. The van der Waals surface area contributed by atoms with Crippen molar-refractivity contribution in [3.05, 3.63) is 20.8 Å². The number of nitrogens with zero attached hydrogens (tertiary/aromatic N) is 1. The van der Waals surface area contributed by atoms with E-state index in [0.29, 0.717) is 12.3 Å². The zero-order valence-corrected chi connectivity index (χ0v) is 14.9. The smallest absolute Gasteiger partial charge is 0.326 e. The molecule has 3 rings (SSSR count). The summed E-state index contributed by atoms with van der Waals surface area (Å²) in [5.41, 5.74) is 0. The molecule has 1 aliphatic carbocycles. The number of carbonyl (C=O) groups is 2. The van der Waals surface area contributed by atoms with Crippen molar-refractivity contribution in [3.63, 3.8) is 0 Å². The molecule has 2 fully saturated rings. The van der Waals surface area contributed by atoms with Gasteiger partial charge >= 0.3 is 5.97 Å². The number of thiophene rings is 1. The molecule has 120 valence electrons. The first kappa shape index (κ1) is 16.0. The molecule has 22 heavy (non-hydrogen) atoms. The van der Waals surface area contributed by atoms with Gasteiger partial charge in [-0.2, -0.15) is 0 Å². The lowest BCUT2D eigenvalue weighted by molar-refractivity contribution is -0.150. The minimum absolute atomic E-state index is 0.0313. The highest BCUT2D eigenvalue weighted by atomic mass is 79.9. The largest absolute Gasteiger partial charge is 0.480 e. The number of hydrogen-bond donors (Lipinski definition) is 1. The number of hydrogen-bond acceptors (Lipinski definition) is 3. The molecule has 0 spiro atoms. The predicted molar refractivity (Wildman–Crippen MR) is 89.1 cm³/mol. The van der Waals surface area contributed by atoms with Crippen LogP contribution in [0.4, 0.5) is 0 Å². The van der Waals surface area contributed by atoms with Crippen LogP contribution in [0, 0.1) is 5.92 Å². The van der Waals surface area contributed by atoms with Crippen LogP contribution in [-0.4, -0.2) is 34.0 Å². The predicted octanol–water partition coefficient (Wildman–Crippen LogP) is 3.86. The highest BCUT2D eigenvalue weighted by Gasteiger charge is 2.48. The Morgan fingerprint density at radius 3 is 2.73 bits per heavy atom. The third-order valence-corrected chi connectivity index (χ3v) is 6.83. The van der Waals surface area contributed by atoms with Crippen LogP contribution in [0.5, 0.6) is 0 Å². The summed E-state index contributed by atoms with van der Waals surface area (Å²) >= 11 is 4.97. The lowest BCUT2D eigenvalue weighted by Gasteiger charge is -2.34. The van der Waals surface area contributed by atoms with E-state index >= 15 is 0 Å². The molecule has 1 aromatic heterocycles. The van der Waals surface area contributed by atoms with Gasteiger partial charge in [0, 0.05) is 10.9 Å². The monoisotopic (exact) mass is 385 g/mol. The van der Waals surface area contributed by atoms with E-state index in [2.05, 4.69) is 15.9 Å². The number of amides is 1. The molecule has 2 heterocycles. The number of carboxylic acid groups (broad SMARTS) is 1. The standard InChI is InChI=1S/C16H20BrNO3S/c1-9(13-6-7-14(17)22-13)15(19)18-11-5-3-2-4-10(11)8-12(18)16(20)21/h6-7,9-12H,2-5,8H2,1H3,(H,20,21). The summed E-state index contributed by atoms with van der Waals surface area (Å²) < 4.78 is 0.994. The van der Waals surface area contributed by atoms with Crippen LogP contribution < -0.4 is 0 Å². The summed E-state index contributed by atoms with van der Waals surface area (Å²) in [6.45, 7) is 1.88. The molecule has 0 aromatic carbocycles. The van der Waals surface area contributed by atoms with Gasteiger partial charge in [-0.05, 0) is 60.2 Å². The molecule has 1 amide bonds. The quantitative estimate of drug-likeness (QED) is 0.858. The number of likely N-dealkylation sites (tertiary alicyclic amines) is 1. The molecule has 2 aliphatic rings. The fraction of sp³-hybridized carbons (Fsp3) is 0.625. The van der Waals surface area contributed by atoms with Gasteiger partial charge < -0.3 is 10.0 Å². The Morgan fingerprint density at radius 1 is 1.36 bits per heavy atom. The van der Waals surface area contributed by atoms with Gasteiger partial charge in [-0.15, -0.1) is 11.3 Å². The van der Waals surface area contributed by atoms with Gasteiger partial charge in [-0.25, -0.2) is 4.79 Å². The summed E-state index contributed by atoms with van der Waals surface area (Å²) in [6, 6.07) is 3.35. The molecule has 1 saturated carbocycles. The maximum absolute atomic E-state index is 13.0. The van der Waals surface area contributed by atoms with Crippen molar-refractivity contribution in [2.24, 2.45) is 5.92 Å². The summed E-state index contributed by atoms with van der Waals surface area (Å²) in [7, 11) is 0. The van der Waals surface area contributed by atoms with E-state index < -0.39 is 12.0 Å². The molecule has 4 unspecified atom stereocenters. The summed E-state index contributed by atoms with van der Waals surface area (Å²) in [6.07, 6.45) is 4.87. The number of carboxylic acids is 1. The van der Waals surface area contributed by atoms with E-state index in [1.807, 2.05) is 19.1 Å². The lowest BCUT2D eigenvalue weighted by atomic mass is 9.84. The summed E-state index contributed by atoms with van der Waals surface area (Å²) in [4.78, 5) is 27.3. The Labute approximate surface area is 142 Å². The number of aliphatic carboxylic acids is 1. The molecule has 4 nitrogen and oxygen atoms in total. The molecule has 1 N–H and O–H groups in total. The van der Waals surface area contributed by atoms with Crippen molar-refractivity contribution in [2.45, 2.75) is 57.0 Å². The zero-order chi connectivity index (χ0) is 15.9. The maximum atomic E-state index is 13.0. The second-order valence-corrected chi connectivity index (χ2v) is 8.81.